The summed E-state index contributed by atoms with van der Waals surface area (Å²) in [5.41, 5.74) is 2.02. The standard InChI is InChI=1S/C23H31FN4O/c1-27(2)14-15-28(17-19-6-5-13-25-16-19)22(29)26-18-23(11-3-4-12-23)20-7-9-21(24)10-8-20/h5-10,13,16H,3-4,11-12,14-15,17-18H2,1-2H3,(H,26,29). The molecule has 1 aliphatic carbocycles. The summed E-state index contributed by atoms with van der Waals surface area (Å²) in [5, 5.41) is 3.18. The van der Waals surface area contributed by atoms with Gasteiger partial charge in [-0.3, -0.25) is 4.98 Å². The van der Waals surface area contributed by atoms with Gasteiger partial charge in [0.25, 0.3) is 0 Å². The van der Waals surface area contributed by atoms with Crippen LogP contribution < -0.4 is 5.32 Å². The number of rotatable bonds is 8. The van der Waals surface area contributed by atoms with E-state index in [4.69, 9.17) is 0 Å². The number of halogens is 1. The summed E-state index contributed by atoms with van der Waals surface area (Å²) in [6, 6.07) is 10.6. The summed E-state index contributed by atoms with van der Waals surface area (Å²) in [4.78, 5) is 21.1. The second-order valence-electron chi connectivity index (χ2n) is 8.24. The van der Waals surface area contributed by atoms with E-state index in [1.807, 2.05) is 43.3 Å². The molecular weight excluding hydrogens is 367 g/mol. The average Bonchev–Trinajstić information content (AvgIpc) is 3.20. The smallest absolute Gasteiger partial charge is 0.317 e. The van der Waals surface area contributed by atoms with Gasteiger partial charge in [-0.1, -0.05) is 31.0 Å². The van der Waals surface area contributed by atoms with E-state index in [2.05, 4.69) is 15.2 Å². The largest absolute Gasteiger partial charge is 0.337 e. The third-order valence-electron chi connectivity index (χ3n) is 5.80. The number of nitrogens with one attached hydrogen (secondary N) is 1. The highest BCUT2D eigenvalue weighted by molar-refractivity contribution is 5.74. The number of amides is 2. The van der Waals surface area contributed by atoms with Gasteiger partial charge in [0, 0.05) is 44.0 Å². The van der Waals surface area contributed by atoms with Crippen LogP contribution in [-0.2, 0) is 12.0 Å². The van der Waals surface area contributed by atoms with Crippen LogP contribution in [0.25, 0.3) is 0 Å². The van der Waals surface area contributed by atoms with Crippen molar-refractivity contribution < 1.29 is 9.18 Å². The summed E-state index contributed by atoms with van der Waals surface area (Å²) in [7, 11) is 4.00. The maximum atomic E-state index is 13.4. The molecule has 0 saturated heterocycles. The predicted molar refractivity (Wildman–Crippen MR) is 113 cm³/mol. The molecule has 0 spiro atoms. The third-order valence-corrected chi connectivity index (χ3v) is 5.80. The maximum Gasteiger partial charge on any atom is 0.317 e. The van der Waals surface area contributed by atoms with Gasteiger partial charge in [0.05, 0.1) is 0 Å². The third kappa shape index (κ3) is 5.76. The van der Waals surface area contributed by atoms with Crippen molar-refractivity contribution in [2.75, 3.05) is 33.7 Å². The molecule has 156 valence electrons. The fraction of sp³-hybridized carbons (Fsp3) is 0.478. The van der Waals surface area contributed by atoms with Gasteiger partial charge in [-0.15, -0.1) is 0 Å². The van der Waals surface area contributed by atoms with Crippen LogP contribution in [0.5, 0.6) is 0 Å². The van der Waals surface area contributed by atoms with E-state index < -0.39 is 0 Å². The van der Waals surface area contributed by atoms with Crippen LogP contribution in [0.4, 0.5) is 9.18 Å². The van der Waals surface area contributed by atoms with E-state index in [1.165, 1.54) is 12.1 Å². The highest BCUT2D eigenvalue weighted by Crippen LogP contribution is 2.40. The van der Waals surface area contributed by atoms with Crippen molar-refractivity contribution in [3.05, 3.63) is 65.7 Å². The first-order valence-corrected chi connectivity index (χ1v) is 10.3. The van der Waals surface area contributed by atoms with Gasteiger partial charge in [-0.05, 0) is 56.3 Å². The molecule has 1 fully saturated rings. The fourth-order valence-corrected chi connectivity index (χ4v) is 4.06. The lowest BCUT2D eigenvalue weighted by molar-refractivity contribution is 0.185. The molecule has 29 heavy (non-hydrogen) atoms. The second-order valence-corrected chi connectivity index (χ2v) is 8.24. The van der Waals surface area contributed by atoms with Crippen molar-refractivity contribution in [3.63, 3.8) is 0 Å². The first kappa shape index (κ1) is 21.2. The number of nitrogens with zero attached hydrogens (tertiary/aromatic N) is 3. The van der Waals surface area contributed by atoms with Gasteiger partial charge in [0.2, 0.25) is 0 Å². The molecule has 1 aromatic heterocycles. The molecule has 0 aliphatic heterocycles. The lowest BCUT2D eigenvalue weighted by atomic mass is 9.79. The maximum absolute atomic E-state index is 13.4. The minimum Gasteiger partial charge on any atom is -0.337 e. The van der Waals surface area contributed by atoms with Gasteiger partial charge >= 0.3 is 6.03 Å². The van der Waals surface area contributed by atoms with E-state index in [-0.39, 0.29) is 17.3 Å². The Labute approximate surface area is 172 Å². The minimum absolute atomic E-state index is 0.0657. The molecule has 2 amide bonds. The second kappa shape index (κ2) is 9.83. The Bertz CT molecular complexity index is 773. The lowest BCUT2D eigenvalue weighted by Gasteiger charge is -2.32. The number of carbonyl (C=O) groups excluding carboxylic acids is 1. The van der Waals surface area contributed by atoms with Gasteiger partial charge in [-0.2, -0.15) is 0 Å². The Hall–Kier alpha value is -2.47. The molecule has 1 heterocycles. The number of likely N-dealkylation sites (N-methyl/N-ethyl adjacent to an activating group) is 1. The van der Waals surface area contributed by atoms with Crippen LogP contribution in [0, 0.1) is 5.82 Å². The first-order valence-electron chi connectivity index (χ1n) is 10.3. The molecular formula is C23H31FN4O. The minimum atomic E-state index is -0.225. The van der Waals surface area contributed by atoms with Crippen LogP contribution in [0.3, 0.4) is 0 Å². The zero-order valence-electron chi connectivity index (χ0n) is 17.4. The molecule has 0 atom stereocenters. The number of aromatic nitrogens is 1. The van der Waals surface area contributed by atoms with Crippen molar-refractivity contribution in [3.8, 4) is 0 Å². The van der Waals surface area contributed by atoms with E-state index in [1.54, 1.807) is 12.4 Å². The lowest BCUT2D eigenvalue weighted by Crippen LogP contribution is -2.47. The summed E-state index contributed by atoms with van der Waals surface area (Å²) in [5.74, 6) is -0.225. The molecule has 0 radical (unpaired) electrons. The monoisotopic (exact) mass is 398 g/mol. The van der Waals surface area contributed by atoms with Crippen molar-refractivity contribution in [1.82, 2.24) is 20.1 Å². The Morgan fingerprint density at radius 1 is 1.14 bits per heavy atom. The van der Waals surface area contributed by atoms with Crippen molar-refractivity contribution >= 4 is 6.03 Å². The van der Waals surface area contributed by atoms with Crippen molar-refractivity contribution in [2.24, 2.45) is 0 Å². The molecule has 1 N–H and O–H groups in total. The topological polar surface area (TPSA) is 48.5 Å². The highest BCUT2D eigenvalue weighted by Gasteiger charge is 2.36. The zero-order chi connectivity index (χ0) is 20.7. The van der Waals surface area contributed by atoms with E-state index in [9.17, 15) is 9.18 Å². The molecule has 2 aromatic rings. The molecule has 0 unspecified atom stereocenters. The summed E-state index contributed by atoms with van der Waals surface area (Å²) < 4.78 is 13.4. The quantitative estimate of drug-likeness (QED) is 0.736. The summed E-state index contributed by atoms with van der Waals surface area (Å²) in [6.07, 6.45) is 7.83. The Kier molecular flexibility index (Phi) is 7.20. The summed E-state index contributed by atoms with van der Waals surface area (Å²) >= 11 is 0. The average molecular weight is 399 g/mol. The Morgan fingerprint density at radius 2 is 1.86 bits per heavy atom. The number of carbonyl (C=O) groups is 1. The van der Waals surface area contributed by atoms with Gasteiger partial charge in [0.1, 0.15) is 5.82 Å². The highest BCUT2D eigenvalue weighted by atomic mass is 19.1. The Balaban J connectivity index is 1.69. The number of hydrogen-bond acceptors (Lipinski definition) is 3. The Morgan fingerprint density at radius 3 is 2.48 bits per heavy atom. The number of urea groups is 1. The van der Waals surface area contributed by atoms with E-state index in [0.29, 0.717) is 19.6 Å². The molecule has 5 nitrogen and oxygen atoms in total. The molecule has 1 saturated carbocycles. The molecule has 3 rings (SSSR count). The van der Waals surface area contributed by atoms with Crippen LogP contribution in [-0.4, -0.2) is 54.5 Å². The predicted octanol–water partition coefficient (Wildman–Crippen LogP) is 3.81. The molecule has 1 aliphatic rings. The number of pyridine rings is 1. The molecule has 6 heteroatoms. The van der Waals surface area contributed by atoms with E-state index in [0.717, 1.165) is 43.4 Å². The number of benzene rings is 1. The normalized spacial score (nSPS) is 15.4. The first-order chi connectivity index (χ1) is 14.0. The van der Waals surface area contributed by atoms with Gasteiger partial charge in [-0.25, -0.2) is 9.18 Å². The zero-order valence-corrected chi connectivity index (χ0v) is 17.4. The van der Waals surface area contributed by atoms with Crippen LogP contribution in [0.15, 0.2) is 48.8 Å². The fourth-order valence-electron chi connectivity index (χ4n) is 4.06. The summed E-state index contributed by atoms with van der Waals surface area (Å²) in [6.45, 7) is 2.52. The van der Waals surface area contributed by atoms with Crippen LogP contribution in [0.1, 0.15) is 36.8 Å². The van der Waals surface area contributed by atoms with Crippen LogP contribution >= 0.6 is 0 Å². The van der Waals surface area contributed by atoms with Crippen molar-refractivity contribution in [1.29, 1.82) is 0 Å². The van der Waals surface area contributed by atoms with Crippen molar-refractivity contribution in [2.45, 2.75) is 37.6 Å². The van der Waals surface area contributed by atoms with Gasteiger partial charge in [0.15, 0.2) is 0 Å². The molecule has 0 bridgehead atoms. The number of hydrogen-bond donors (Lipinski definition) is 1. The van der Waals surface area contributed by atoms with Gasteiger partial charge < -0.3 is 15.1 Å². The van der Waals surface area contributed by atoms with Crippen LogP contribution in [0.2, 0.25) is 0 Å². The van der Waals surface area contributed by atoms with E-state index >= 15 is 0 Å². The SMILES string of the molecule is CN(C)CCN(Cc1cccnc1)C(=O)NCC1(c2ccc(F)cc2)CCCC1. The molecule has 1 aromatic carbocycles.